The van der Waals surface area contributed by atoms with Crippen LogP contribution in [0, 0.1) is 0 Å². The third-order valence-corrected chi connectivity index (χ3v) is 5.48. The summed E-state index contributed by atoms with van der Waals surface area (Å²) in [4.78, 5) is 23.8. The average molecular weight is 452 g/mol. The Labute approximate surface area is 187 Å². The molecule has 0 bridgehead atoms. The van der Waals surface area contributed by atoms with Gasteiger partial charge in [-0.3, -0.25) is 0 Å². The van der Waals surface area contributed by atoms with Crippen LogP contribution in [0.3, 0.4) is 0 Å². The second kappa shape index (κ2) is 9.15. The number of carboxylic acid groups (broad SMARTS) is 2. The molecule has 0 aliphatic carbocycles. The first-order valence-electron chi connectivity index (χ1n) is 9.96. The molecule has 0 fully saturated rings. The van der Waals surface area contributed by atoms with E-state index in [-0.39, 0.29) is 30.1 Å². The minimum absolute atomic E-state index is 0.0123. The van der Waals surface area contributed by atoms with Gasteiger partial charge in [-0.25, -0.2) is 14.3 Å². The summed E-state index contributed by atoms with van der Waals surface area (Å²) in [7, 11) is 0. The van der Waals surface area contributed by atoms with Gasteiger partial charge in [0.1, 0.15) is 11.0 Å². The molecule has 0 aliphatic rings. The lowest BCUT2D eigenvalue weighted by molar-refractivity contribution is 0.0679. The molecule has 164 valence electrons. The number of benzene rings is 2. The van der Waals surface area contributed by atoms with Crippen molar-refractivity contribution in [1.29, 1.82) is 0 Å². The van der Waals surface area contributed by atoms with Crippen LogP contribution in [0.4, 0.5) is 0 Å². The monoisotopic (exact) mass is 452 g/mol. The van der Waals surface area contributed by atoms with Gasteiger partial charge in [-0.05, 0) is 35.7 Å². The maximum Gasteiger partial charge on any atom is 0.354 e. The molecule has 0 saturated carbocycles. The molecule has 0 saturated heterocycles. The molecule has 0 radical (unpaired) electrons. The highest BCUT2D eigenvalue weighted by atomic mass is 32.1. The quantitative estimate of drug-likeness (QED) is 0.393. The van der Waals surface area contributed by atoms with E-state index in [0.29, 0.717) is 17.7 Å². The molecule has 4 rings (SSSR count). The third kappa shape index (κ3) is 4.30. The van der Waals surface area contributed by atoms with Gasteiger partial charge >= 0.3 is 11.9 Å². The summed E-state index contributed by atoms with van der Waals surface area (Å²) in [5, 5.41) is 23.9. The molecule has 9 nitrogen and oxygen atoms in total. The van der Waals surface area contributed by atoms with Crippen LogP contribution in [0.25, 0.3) is 11.0 Å². The van der Waals surface area contributed by atoms with Crippen LogP contribution < -0.4 is 4.74 Å². The van der Waals surface area contributed by atoms with E-state index in [1.54, 1.807) is 18.2 Å². The smallest absolute Gasteiger partial charge is 0.354 e. The Balaban J connectivity index is 1.78. The Hall–Kier alpha value is -3.79. The van der Waals surface area contributed by atoms with E-state index in [1.807, 2.05) is 25.1 Å². The molecule has 0 spiro atoms. The summed E-state index contributed by atoms with van der Waals surface area (Å²) in [5.74, 6) is -2.02. The highest BCUT2D eigenvalue weighted by Gasteiger charge is 2.26. The largest absolute Gasteiger partial charge is 0.478 e. The van der Waals surface area contributed by atoms with Crippen molar-refractivity contribution >= 4 is 34.7 Å². The molecule has 0 amide bonds. The van der Waals surface area contributed by atoms with Crippen LogP contribution in [0.2, 0.25) is 0 Å². The van der Waals surface area contributed by atoms with Crippen LogP contribution in [0.15, 0.2) is 42.5 Å². The number of aromatic nitrogens is 4. The van der Waals surface area contributed by atoms with Crippen molar-refractivity contribution in [3.8, 4) is 5.88 Å². The zero-order chi connectivity index (χ0) is 22.7. The summed E-state index contributed by atoms with van der Waals surface area (Å²) >= 11 is 1.12. The number of aromatic carboxylic acids is 2. The molecule has 2 aromatic heterocycles. The topological polar surface area (TPSA) is 127 Å². The highest BCUT2D eigenvalue weighted by Crippen LogP contribution is 2.28. The fraction of sp³-hybridized carbons (Fsp3) is 0.227. The fourth-order valence-corrected chi connectivity index (χ4v) is 3.99. The first-order valence-corrected chi connectivity index (χ1v) is 10.7. The number of nitrogens with zero attached hydrogens (tertiary/aromatic N) is 4. The van der Waals surface area contributed by atoms with Crippen LogP contribution in [0.5, 0.6) is 5.88 Å². The molecule has 2 aromatic carbocycles. The predicted molar refractivity (Wildman–Crippen MR) is 118 cm³/mol. The Kier molecular flexibility index (Phi) is 6.13. The van der Waals surface area contributed by atoms with Gasteiger partial charge in [-0.15, -0.1) is 5.10 Å². The van der Waals surface area contributed by atoms with Crippen molar-refractivity contribution in [3.63, 3.8) is 0 Å². The minimum atomic E-state index is -1.16. The van der Waals surface area contributed by atoms with Crippen molar-refractivity contribution < 1.29 is 24.5 Å². The number of carbonyl (C=O) groups is 2. The Morgan fingerprint density at radius 3 is 2.59 bits per heavy atom. The number of hydrogen-bond donors (Lipinski definition) is 2. The highest BCUT2D eigenvalue weighted by molar-refractivity contribution is 7.00. The maximum atomic E-state index is 12.2. The molecular formula is C22H20N4O5S. The van der Waals surface area contributed by atoms with E-state index in [9.17, 15) is 19.8 Å². The lowest BCUT2D eigenvalue weighted by Crippen LogP contribution is -2.15. The molecule has 10 heteroatoms. The fourth-order valence-electron chi connectivity index (χ4n) is 3.47. The second-order valence-electron chi connectivity index (χ2n) is 7.17. The number of ether oxygens (including phenoxy) is 1. The molecule has 0 unspecified atom stereocenters. The predicted octanol–water partition coefficient (Wildman–Crippen LogP) is 3.71. The Morgan fingerprint density at radius 1 is 1.06 bits per heavy atom. The number of carboxylic acids is 2. The molecule has 0 aliphatic heterocycles. The van der Waals surface area contributed by atoms with Crippen LogP contribution in [-0.2, 0) is 13.0 Å². The second-order valence-corrected chi connectivity index (χ2v) is 7.70. The number of fused-ring (bicyclic) bond motifs is 1. The Bertz CT molecular complexity index is 1300. The van der Waals surface area contributed by atoms with Gasteiger partial charge in [0.15, 0.2) is 5.69 Å². The molecule has 4 aromatic rings. The van der Waals surface area contributed by atoms with E-state index in [1.165, 1.54) is 10.7 Å². The molecular weight excluding hydrogens is 432 g/mol. The zero-order valence-corrected chi connectivity index (χ0v) is 18.0. The van der Waals surface area contributed by atoms with Crippen molar-refractivity contribution in [2.75, 3.05) is 6.61 Å². The minimum Gasteiger partial charge on any atom is -0.478 e. The van der Waals surface area contributed by atoms with E-state index in [0.717, 1.165) is 34.7 Å². The van der Waals surface area contributed by atoms with Gasteiger partial charge in [-0.1, -0.05) is 31.2 Å². The molecule has 32 heavy (non-hydrogen) atoms. The summed E-state index contributed by atoms with van der Waals surface area (Å²) in [6.07, 6.45) is 1.00. The van der Waals surface area contributed by atoms with Crippen LogP contribution in [-0.4, -0.2) is 47.3 Å². The SMILES string of the molecule is CCCOc1nn(Cc2ccccc2C(=O)O)c(C(=O)O)c1Cc1ccc2nsnc2c1. The number of rotatable bonds is 9. The van der Waals surface area contributed by atoms with E-state index in [4.69, 9.17) is 4.74 Å². The van der Waals surface area contributed by atoms with Gasteiger partial charge in [0.2, 0.25) is 5.88 Å². The summed E-state index contributed by atoms with van der Waals surface area (Å²) in [6, 6.07) is 12.0. The molecule has 0 atom stereocenters. The maximum absolute atomic E-state index is 12.2. The van der Waals surface area contributed by atoms with Crippen molar-refractivity contribution in [2.24, 2.45) is 0 Å². The van der Waals surface area contributed by atoms with Gasteiger partial charge in [0.25, 0.3) is 0 Å². The van der Waals surface area contributed by atoms with E-state index >= 15 is 0 Å². The van der Waals surface area contributed by atoms with E-state index < -0.39 is 11.9 Å². The van der Waals surface area contributed by atoms with E-state index in [2.05, 4.69) is 13.8 Å². The van der Waals surface area contributed by atoms with Gasteiger partial charge < -0.3 is 14.9 Å². The van der Waals surface area contributed by atoms with Gasteiger partial charge in [0.05, 0.1) is 36.0 Å². The lowest BCUT2D eigenvalue weighted by atomic mass is 10.0. The lowest BCUT2D eigenvalue weighted by Gasteiger charge is -2.08. The van der Waals surface area contributed by atoms with Crippen LogP contribution in [0.1, 0.15) is 50.9 Å². The molecule has 2 N–H and O–H groups in total. The number of hydrogen-bond acceptors (Lipinski definition) is 7. The van der Waals surface area contributed by atoms with Crippen molar-refractivity contribution in [1.82, 2.24) is 18.5 Å². The first kappa shape index (κ1) is 21.4. The first-order chi connectivity index (χ1) is 15.5. The standard InChI is InChI=1S/C22H20N4O5S/c1-2-9-31-20-16(10-13-7-8-17-18(11-13)25-32-24-17)19(22(29)30)26(23-20)12-14-5-3-4-6-15(14)21(27)28/h3-8,11H,2,9-10,12H2,1H3,(H,27,28)(H,29,30). The summed E-state index contributed by atoms with van der Waals surface area (Å²) in [6.45, 7) is 2.31. The van der Waals surface area contributed by atoms with Crippen molar-refractivity contribution in [3.05, 3.63) is 70.4 Å². The van der Waals surface area contributed by atoms with Gasteiger partial charge in [0, 0.05) is 6.42 Å². The van der Waals surface area contributed by atoms with Crippen molar-refractivity contribution in [2.45, 2.75) is 26.3 Å². The summed E-state index contributed by atoms with van der Waals surface area (Å²) in [5.41, 5.74) is 3.31. The van der Waals surface area contributed by atoms with Gasteiger partial charge in [-0.2, -0.15) is 8.75 Å². The Morgan fingerprint density at radius 2 is 1.84 bits per heavy atom. The van der Waals surface area contributed by atoms with Crippen LogP contribution >= 0.6 is 11.7 Å². The molecule has 2 heterocycles. The summed E-state index contributed by atoms with van der Waals surface area (Å²) < 4.78 is 15.5. The zero-order valence-electron chi connectivity index (χ0n) is 17.2. The average Bonchev–Trinajstić information content (AvgIpc) is 3.36. The normalized spacial score (nSPS) is 11.0. The third-order valence-electron chi connectivity index (χ3n) is 4.93.